The van der Waals surface area contributed by atoms with E-state index < -0.39 is 5.82 Å². The molecule has 0 bridgehead atoms. The van der Waals surface area contributed by atoms with E-state index in [9.17, 15) is 4.39 Å². The van der Waals surface area contributed by atoms with Gasteiger partial charge in [0.1, 0.15) is 5.82 Å². The van der Waals surface area contributed by atoms with Gasteiger partial charge in [-0.2, -0.15) is 0 Å². The van der Waals surface area contributed by atoms with E-state index >= 15 is 0 Å². The summed E-state index contributed by atoms with van der Waals surface area (Å²) in [6.45, 7) is 0.340. The van der Waals surface area contributed by atoms with Gasteiger partial charge in [0.2, 0.25) is 0 Å². The van der Waals surface area contributed by atoms with E-state index in [4.69, 9.17) is 28.9 Å². The first-order valence-corrected chi connectivity index (χ1v) is 6.53. The van der Waals surface area contributed by atoms with Crippen molar-refractivity contribution in [3.05, 3.63) is 63.9 Å². The number of nitrogens with two attached hydrogens (primary N) is 1. The van der Waals surface area contributed by atoms with Gasteiger partial charge in [-0.1, -0.05) is 41.4 Å². The van der Waals surface area contributed by atoms with Gasteiger partial charge < -0.3 is 11.1 Å². The van der Waals surface area contributed by atoms with Gasteiger partial charge in [-0.25, -0.2) is 4.39 Å². The van der Waals surface area contributed by atoms with Crippen LogP contribution in [0.15, 0.2) is 42.5 Å². The molecule has 3 N–H and O–H groups in total. The fourth-order valence-corrected chi connectivity index (χ4v) is 2.15. The Hall–Kier alpha value is -1.29. The van der Waals surface area contributed by atoms with E-state index in [1.54, 1.807) is 18.2 Å². The summed E-state index contributed by atoms with van der Waals surface area (Å²) in [6, 6.07) is 11.7. The molecule has 100 valence electrons. The van der Waals surface area contributed by atoms with Crippen LogP contribution < -0.4 is 11.1 Å². The van der Waals surface area contributed by atoms with Crippen molar-refractivity contribution < 1.29 is 4.39 Å². The zero-order chi connectivity index (χ0) is 13.8. The number of hydrogen-bond acceptors (Lipinski definition) is 2. The standard InChI is InChI=1S/C14H13Cl2FN2/c15-10-3-1-2-4-13(10)19-14(8-18)9-5-6-12(17)11(16)7-9/h1-7,14,19H,8,18H2. The van der Waals surface area contributed by atoms with Crippen molar-refractivity contribution in [2.24, 2.45) is 5.73 Å². The number of nitrogens with one attached hydrogen (secondary N) is 1. The third-order valence-electron chi connectivity index (χ3n) is 2.79. The van der Waals surface area contributed by atoms with Crippen molar-refractivity contribution in [1.29, 1.82) is 0 Å². The average Bonchev–Trinajstić information content (AvgIpc) is 2.41. The van der Waals surface area contributed by atoms with Gasteiger partial charge in [-0.15, -0.1) is 0 Å². The van der Waals surface area contributed by atoms with Crippen molar-refractivity contribution in [3.8, 4) is 0 Å². The number of benzene rings is 2. The SMILES string of the molecule is NCC(Nc1ccccc1Cl)c1ccc(F)c(Cl)c1. The topological polar surface area (TPSA) is 38.0 Å². The largest absolute Gasteiger partial charge is 0.376 e. The first kappa shape index (κ1) is 14.1. The smallest absolute Gasteiger partial charge is 0.141 e. The summed E-state index contributed by atoms with van der Waals surface area (Å²) in [5.41, 5.74) is 7.34. The molecule has 2 nitrogen and oxygen atoms in total. The van der Waals surface area contributed by atoms with Crippen molar-refractivity contribution in [2.45, 2.75) is 6.04 Å². The second-order valence-corrected chi connectivity index (χ2v) is 4.90. The highest BCUT2D eigenvalue weighted by molar-refractivity contribution is 6.33. The van der Waals surface area contributed by atoms with Crippen LogP contribution in [-0.4, -0.2) is 6.54 Å². The van der Waals surface area contributed by atoms with Crippen LogP contribution >= 0.6 is 23.2 Å². The lowest BCUT2D eigenvalue weighted by atomic mass is 10.1. The highest BCUT2D eigenvalue weighted by atomic mass is 35.5. The van der Waals surface area contributed by atoms with E-state index in [1.807, 2.05) is 18.2 Å². The van der Waals surface area contributed by atoms with Crippen LogP contribution in [0.5, 0.6) is 0 Å². The predicted molar refractivity (Wildman–Crippen MR) is 78.3 cm³/mol. The summed E-state index contributed by atoms with van der Waals surface area (Å²) in [5.74, 6) is -0.445. The number of anilines is 1. The number of halogens is 3. The molecule has 0 heterocycles. The molecule has 19 heavy (non-hydrogen) atoms. The minimum Gasteiger partial charge on any atom is -0.376 e. The molecule has 0 radical (unpaired) electrons. The molecule has 1 atom stereocenters. The second-order valence-electron chi connectivity index (χ2n) is 4.09. The lowest BCUT2D eigenvalue weighted by Gasteiger charge is -2.19. The monoisotopic (exact) mass is 298 g/mol. The Balaban J connectivity index is 2.25. The molecule has 0 aromatic heterocycles. The molecule has 0 spiro atoms. The van der Waals surface area contributed by atoms with Crippen molar-refractivity contribution >= 4 is 28.9 Å². The van der Waals surface area contributed by atoms with Gasteiger partial charge in [0, 0.05) is 6.54 Å². The van der Waals surface area contributed by atoms with E-state index in [-0.39, 0.29) is 11.1 Å². The van der Waals surface area contributed by atoms with Crippen LogP contribution in [-0.2, 0) is 0 Å². The maximum atomic E-state index is 13.2. The molecule has 0 fully saturated rings. The summed E-state index contributed by atoms with van der Waals surface area (Å²) in [5, 5.41) is 3.91. The average molecular weight is 299 g/mol. The Morgan fingerprint density at radius 1 is 1.11 bits per heavy atom. The maximum Gasteiger partial charge on any atom is 0.141 e. The zero-order valence-electron chi connectivity index (χ0n) is 10.0. The molecule has 0 aliphatic heterocycles. The molecular weight excluding hydrogens is 286 g/mol. The van der Waals surface area contributed by atoms with Crippen LogP contribution in [0, 0.1) is 5.82 Å². The van der Waals surface area contributed by atoms with Gasteiger partial charge in [0.05, 0.1) is 21.8 Å². The predicted octanol–water partition coefficient (Wildman–Crippen LogP) is 4.24. The fraction of sp³-hybridized carbons (Fsp3) is 0.143. The number of rotatable bonds is 4. The Morgan fingerprint density at radius 2 is 1.84 bits per heavy atom. The van der Waals surface area contributed by atoms with Crippen LogP contribution in [0.2, 0.25) is 10.0 Å². The van der Waals surface area contributed by atoms with Gasteiger partial charge in [0.15, 0.2) is 0 Å². The quantitative estimate of drug-likeness (QED) is 0.886. The van der Waals surface area contributed by atoms with Crippen molar-refractivity contribution in [1.82, 2.24) is 0 Å². The second kappa shape index (κ2) is 6.24. The minimum absolute atomic E-state index is 0.0805. The summed E-state index contributed by atoms with van der Waals surface area (Å²) in [4.78, 5) is 0. The first-order valence-electron chi connectivity index (χ1n) is 5.78. The van der Waals surface area contributed by atoms with Crippen LogP contribution in [0.3, 0.4) is 0 Å². The Labute approximate surface area is 121 Å². The lowest BCUT2D eigenvalue weighted by molar-refractivity contribution is 0.626. The Morgan fingerprint density at radius 3 is 2.47 bits per heavy atom. The molecule has 2 aromatic rings. The molecule has 0 saturated carbocycles. The van der Waals surface area contributed by atoms with E-state index in [1.165, 1.54) is 6.07 Å². The van der Waals surface area contributed by atoms with Crippen molar-refractivity contribution in [2.75, 3.05) is 11.9 Å². The molecular formula is C14H13Cl2FN2. The highest BCUT2D eigenvalue weighted by Crippen LogP contribution is 2.27. The van der Waals surface area contributed by atoms with Gasteiger partial charge >= 0.3 is 0 Å². The summed E-state index contributed by atoms with van der Waals surface area (Å²) in [7, 11) is 0. The van der Waals surface area contributed by atoms with E-state index in [2.05, 4.69) is 5.32 Å². The molecule has 0 amide bonds. The van der Waals surface area contributed by atoms with Gasteiger partial charge in [-0.3, -0.25) is 0 Å². The Bertz CT molecular complexity index is 575. The Kier molecular flexibility index (Phi) is 4.64. The highest BCUT2D eigenvalue weighted by Gasteiger charge is 2.12. The van der Waals surface area contributed by atoms with Crippen LogP contribution in [0.25, 0.3) is 0 Å². The third-order valence-corrected chi connectivity index (χ3v) is 3.40. The number of para-hydroxylation sites is 1. The summed E-state index contributed by atoms with van der Waals surface area (Å²) < 4.78 is 13.2. The van der Waals surface area contributed by atoms with E-state index in [0.29, 0.717) is 11.6 Å². The molecule has 5 heteroatoms. The maximum absolute atomic E-state index is 13.2. The summed E-state index contributed by atoms with van der Waals surface area (Å²) >= 11 is 11.9. The number of hydrogen-bond donors (Lipinski definition) is 2. The molecule has 2 aromatic carbocycles. The minimum atomic E-state index is -0.445. The molecule has 0 aliphatic rings. The lowest BCUT2D eigenvalue weighted by Crippen LogP contribution is -2.20. The van der Waals surface area contributed by atoms with Gasteiger partial charge in [-0.05, 0) is 29.8 Å². The fourth-order valence-electron chi connectivity index (χ4n) is 1.77. The first-order chi connectivity index (χ1) is 9.11. The molecule has 0 saturated heterocycles. The molecule has 2 rings (SSSR count). The van der Waals surface area contributed by atoms with Crippen LogP contribution in [0.1, 0.15) is 11.6 Å². The normalized spacial score (nSPS) is 12.2. The van der Waals surface area contributed by atoms with Crippen molar-refractivity contribution in [3.63, 3.8) is 0 Å². The van der Waals surface area contributed by atoms with Crippen LogP contribution in [0.4, 0.5) is 10.1 Å². The zero-order valence-corrected chi connectivity index (χ0v) is 11.5. The molecule has 0 aliphatic carbocycles. The third kappa shape index (κ3) is 3.38. The molecule has 1 unspecified atom stereocenters. The summed E-state index contributed by atoms with van der Waals surface area (Å²) in [6.07, 6.45) is 0. The van der Waals surface area contributed by atoms with Gasteiger partial charge in [0.25, 0.3) is 0 Å². The van der Waals surface area contributed by atoms with E-state index in [0.717, 1.165) is 11.3 Å².